The Morgan fingerprint density at radius 3 is 1.87 bits per heavy atom. The third-order valence-electron chi connectivity index (χ3n) is 2.14. The molecule has 84 valence electrons. The fourth-order valence-corrected chi connectivity index (χ4v) is 1.95. The molecular formula is C12H21NOSi. The van der Waals surface area contributed by atoms with Crippen molar-refractivity contribution in [2.75, 3.05) is 5.48 Å². The molecule has 15 heavy (non-hydrogen) atoms. The summed E-state index contributed by atoms with van der Waals surface area (Å²) in [6.07, 6.45) is 0. The summed E-state index contributed by atoms with van der Waals surface area (Å²) in [4.78, 5) is 0. The van der Waals surface area contributed by atoms with E-state index in [1.54, 1.807) is 0 Å². The van der Waals surface area contributed by atoms with Crippen LogP contribution in [0.2, 0.25) is 19.6 Å². The van der Waals surface area contributed by atoms with Crippen LogP contribution in [0.25, 0.3) is 0 Å². The van der Waals surface area contributed by atoms with E-state index in [9.17, 15) is 0 Å². The molecule has 0 saturated carbocycles. The SMILES string of the molecule is Cc1cc(C)c(NO[Si](C)(C)C)c(C)c1. The van der Waals surface area contributed by atoms with Crippen LogP contribution in [-0.4, -0.2) is 8.32 Å². The lowest BCUT2D eigenvalue weighted by molar-refractivity contribution is 0.400. The van der Waals surface area contributed by atoms with Crippen molar-refractivity contribution < 1.29 is 4.53 Å². The first-order valence-electron chi connectivity index (χ1n) is 5.31. The minimum atomic E-state index is -1.51. The van der Waals surface area contributed by atoms with E-state index in [-0.39, 0.29) is 0 Å². The highest BCUT2D eigenvalue weighted by Crippen LogP contribution is 2.22. The van der Waals surface area contributed by atoms with Crippen molar-refractivity contribution in [1.29, 1.82) is 0 Å². The fraction of sp³-hybridized carbons (Fsp3) is 0.500. The number of rotatable bonds is 3. The predicted molar refractivity (Wildman–Crippen MR) is 68.7 cm³/mol. The molecule has 0 spiro atoms. The van der Waals surface area contributed by atoms with Crippen molar-refractivity contribution in [3.05, 3.63) is 28.8 Å². The maximum Gasteiger partial charge on any atom is 0.220 e. The standard InChI is InChI=1S/C12H21NOSi/c1-9-7-10(2)12(11(3)8-9)13-14-15(4,5)6/h7-8,13H,1-6H3. The van der Waals surface area contributed by atoms with Gasteiger partial charge in [0.1, 0.15) is 0 Å². The lowest BCUT2D eigenvalue weighted by Gasteiger charge is -2.20. The van der Waals surface area contributed by atoms with E-state index in [0.717, 1.165) is 5.69 Å². The summed E-state index contributed by atoms with van der Waals surface area (Å²) in [5.74, 6) is 0. The molecule has 1 aromatic carbocycles. The molecule has 0 atom stereocenters. The Bertz CT molecular complexity index is 332. The molecule has 0 radical (unpaired) electrons. The summed E-state index contributed by atoms with van der Waals surface area (Å²) >= 11 is 0. The molecule has 0 unspecified atom stereocenters. The number of anilines is 1. The number of benzene rings is 1. The predicted octanol–water partition coefficient (Wildman–Crippen LogP) is 3.79. The minimum Gasteiger partial charge on any atom is -0.323 e. The van der Waals surface area contributed by atoms with Gasteiger partial charge in [0.25, 0.3) is 0 Å². The molecule has 0 aliphatic heterocycles. The zero-order valence-electron chi connectivity index (χ0n) is 10.6. The van der Waals surface area contributed by atoms with Crippen LogP contribution in [0.3, 0.4) is 0 Å². The largest absolute Gasteiger partial charge is 0.323 e. The number of hydrogen-bond donors (Lipinski definition) is 1. The highest BCUT2D eigenvalue weighted by molar-refractivity contribution is 6.69. The van der Waals surface area contributed by atoms with Gasteiger partial charge in [0.2, 0.25) is 8.32 Å². The Morgan fingerprint density at radius 2 is 1.47 bits per heavy atom. The molecule has 0 fully saturated rings. The zero-order valence-corrected chi connectivity index (χ0v) is 11.6. The lowest BCUT2D eigenvalue weighted by Crippen LogP contribution is -2.28. The number of hydrogen-bond acceptors (Lipinski definition) is 2. The second kappa shape index (κ2) is 4.37. The normalized spacial score (nSPS) is 11.6. The highest BCUT2D eigenvalue weighted by Gasteiger charge is 2.16. The zero-order chi connectivity index (χ0) is 11.6. The van der Waals surface area contributed by atoms with Gasteiger partial charge in [0.15, 0.2) is 0 Å². The molecule has 0 aliphatic rings. The van der Waals surface area contributed by atoms with Crippen molar-refractivity contribution in [3.8, 4) is 0 Å². The van der Waals surface area contributed by atoms with Crippen LogP contribution >= 0.6 is 0 Å². The molecule has 1 aromatic rings. The van der Waals surface area contributed by atoms with Crippen molar-refractivity contribution in [3.63, 3.8) is 0 Å². The van der Waals surface area contributed by atoms with E-state index < -0.39 is 8.32 Å². The average Bonchev–Trinajstić information content (AvgIpc) is 1.99. The summed E-state index contributed by atoms with van der Waals surface area (Å²) in [5.41, 5.74) is 8.00. The highest BCUT2D eigenvalue weighted by atomic mass is 28.4. The van der Waals surface area contributed by atoms with E-state index in [1.807, 2.05) is 0 Å². The summed E-state index contributed by atoms with van der Waals surface area (Å²) in [5, 5.41) is 0. The summed E-state index contributed by atoms with van der Waals surface area (Å²) in [6, 6.07) is 4.34. The van der Waals surface area contributed by atoms with Gasteiger partial charge in [-0.3, -0.25) is 5.48 Å². The number of nitrogens with one attached hydrogen (secondary N) is 1. The summed E-state index contributed by atoms with van der Waals surface area (Å²) < 4.78 is 5.71. The third kappa shape index (κ3) is 3.68. The van der Waals surface area contributed by atoms with Gasteiger partial charge in [0.05, 0.1) is 5.69 Å². The van der Waals surface area contributed by atoms with Gasteiger partial charge in [0, 0.05) is 0 Å². The first-order chi connectivity index (χ1) is 6.79. The van der Waals surface area contributed by atoms with Crippen LogP contribution in [0.4, 0.5) is 5.69 Å². The Balaban J connectivity index is 2.86. The second-order valence-electron chi connectivity index (χ2n) is 5.09. The van der Waals surface area contributed by atoms with Crippen molar-refractivity contribution in [2.24, 2.45) is 0 Å². The molecule has 0 amide bonds. The number of aryl methyl sites for hydroxylation is 3. The average molecular weight is 223 g/mol. The van der Waals surface area contributed by atoms with Gasteiger partial charge in [-0.1, -0.05) is 17.7 Å². The van der Waals surface area contributed by atoms with Crippen LogP contribution < -0.4 is 5.48 Å². The van der Waals surface area contributed by atoms with E-state index >= 15 is 0 Å². The van der Waals surface area contributed by atoms with E-state index in [2.05, 4.69) is 58.0 Å². The molecule has 1 rings (SSSR count). The first-order valence-corrected chi connectivity index (χ1v) is 8.72. The van der Waals surface area contributed by atoms with Gasteiger partial charge in [-0.15, -0.1) is 0 Å². The van der Waals surface area contributed by atoms with Gasteiger partial charge in [-0.05, 0) is 51.5 Å². The van der Waals surface area contributed by atoms with Gasteiger partial charge < -0.3 is 4.53 Å². The Labute approximate surface area is 93.7 Å². The van der Waals surface area contributed by atoms with Gasteiger partial charge in [-0.2, -0.15) is 0 Å². The Kier molecular flexibility index (Phi) is 3.57. The van der Waals surface area contributed by atoms with Crippen molar-refractivity contribution in [2.45, 2.75) is 40.4 Å². The van der Waals surface area contributed by atoms with Crippen molar-refractivity contribution in [1.82, 2.24) is 0 Å². The molecule has 0 aromatic heterocycles. The smallest absolute Gasteiger partial charge is 0.220 e. The second-order valence-corrected chi connectivity index (χ2v) is 9.52. The molecule has 0 heterocycles. The quantitative estimate of drug-likeness (QED) is 0.622. The summed E-state index contributed by atoms with van der Waals surface area (Å²) in [6.45, 7) is 12.8. The third-order valence-corrected chi connectivity index (χ3v) is 2.85. The van der Waals surface area contributed by atoms with E-state index in [1.165, 1.54) is 16.7 Å². The lowest BCUT2D eigenvalue weighted by atomic mass is 10.1. The molecule has 0 bridgehead atoms. The molecule has 2 nitrogen and oxygen atoms in total. The molecular weight excluding hydrogens is 202 g/mol. The molecule has 3 heteroatoms. The van der Waals surface area contributed by atoms with Gasteiger partial charge >= 0.3 is 0 Å². The Morgan fingerprint density at radius 1 is 1.00 bits per heavy atom. The van der Waals surface area contributed by atoms with Crippen LogP contribution in [-0.2, 0) is 4.53 Å². The monoisotopic (exact) mass is 223 g/mol. The molecule has 0 aliphatic carbocycles. The maximum absolute atomic E-state index is 5.71. The van der Waals surface area contributed by atoms with Crippen LogP contribution in [0.15, 0.2) is 12.1 Å². The van der Waals surface area contributed by atoms with E-state index in [4.69, 9.17) is 4.53 Å². The first kappa shape index (κ1) is 12.3. The summed E-state index contributed by atoms with van der Waals surface area (Å²) in [7, 11) is -1.51. The van der Waals surface area contributed by atoms with E-state index in [0.29, 0.717) is 0 Å². The molecule has 0 saturated heterocycles. The van der Waals surface area contributed by atoms with Gasteiger partial charge in [-0.25, -0.2) is 0 Å². The maximum atomic E-state index is 5.71. The van der Waals surface area contributed by atoms with Crippen LogP contribution in [0, 0.1) is 20.8 Å². The van der Waals surface area contributed by atoms with Crippen LogP contribution in [0.5, 0.6) is 0 Å². The van der Waals surface area contributed by atoms with Crippen molar-refractivity contribution >= 4 is 14.0 Å². The molecule has 1 N–H and O–H groups in total. The Hall–Kier alpha value is -0.803. The van der Waals surface area contributed by atoms with Crippen LogP contribution in [0.1, 0.15) is 16.7 Å². The fourth-order valence-electron chi connectivity index (χ4n) is 1.55. The topological polar surface area (TPSA) is 21.3 Å². The minimum absolute atomic E-state index is 1.11.